The highest BCUT2D eigenvalue weighted by Crippen LogP contribution is 2.39. The van der Waals surface area contributed by atoms with Gasteiger partial charge in [0.25, 0.3) is 11.8 Å². The number of halogens is 5. The molecule has 8 nitrogen and oxygen atoms in total. The molecule has 1 heterocycles. The van der Waals surface area contributed by atoms with E-state index in [1.807, 2.05) is 0 Å². The second-order valence-electron chi connectivity index (χ2n) is 7.70. The molecule has 2 aromatic rings. The zero-order valence-corrected chi connectivity index (χ0v) is 20.4. The summed E-state index contributed by atoms with van der Waals surface area (Å²) in [6, 6.07) is 7.00. The highest BCUT2D eigenvalue weighted by atomic mass is 35.5. The summed E-state index contributed by atoms with van der Waals surface area (Å²) >= 11 is 12.1. The zero-order chi connectivity index (χ0) is 26.2. The van der Waals surface area contributed by atoms with E-state index in [0.717, 1.165) is 12.1 Å². The minimum absolute atomic E-state index is 0.217. The van der Waals surface area contributed by atoms with Crippen LogP contribution in [0, 0.1) is 0 Å². The van der Waals surface area contributed by atoms with E-state index in [2.05, 4.69) is 0 Å². The third-order valence-corrected chi connectivity index (χ3v) is 8.09. The molecule has 0 aromatic heterocycles. The summed E-state index contributed by atoms with van der Waals surface area (Å²) in [4.78, 5) is 25.3. The molecule has 0 aliphatic carbocycles. The van der Waals surface area contributed by atoms with Crippen LogP contribution in [0.1, 0.15) is 17.3 Å². The number of aliphatic hydroxyl groups is 1. The van der Waals surface area contributed by atoms with Crippen molar-refractivity contribution in [1.29, 1.82) is 0 Å². The average Bonchev–Trinajstić information content (AvgIpc) is 2.81. The number of sulfone groups is 1. The average molecular weight is 555 g/mol. The van der Waals surface area contributed by atoms with Crippen molar-refractivity contribution >= 4 is 50.5 Å². The van der Waals surface area contributed by atoms with E-state index in [1.54, 1.807) is 10.2 Å². The fraction of sp³-hybridized carbons (Fsp3) is 0.333. The Balaban J connectivity index is 1.86. The van der Waals surface area contributed by atoms with Gasteiger partial charge in [0.15, 0.2) is 0 Å². The summed E-state index contributed by atoms with van der Waals surface area (Å²) in [5.41, 5.74) is -3.89. The molecule has 0 radical (unpaired) electrons. The lowest BCUT2D eigenvalue weighted by Gasteiger charge is -2.26. The normalized spacial score (nSPS) is 16.5. The van der Waals surface area contributed by atoms with E-state index in [0.29, 0.717) is 26.3 Å². The molecule has 190 valence electrons. The van der Waals surface area contributed by atoms with E-state index < -0.39 is 48.1 Å². The third-order valence-electron chi connectivity index (χ3n) is 5.29. The molecule has 0 saturated carbocycles. The Morgan fingerprint density at radius 3 is 2.14 bits per heavy atom. The Bertz CT molecular complexity index is 1240. The second-order valence-corrected chi connectivity index (χ2v) is 10.4. The molecule has 1 aliphatic heterocycles. The first kappa shape index (κ1) is 27.2. The lowest BCUT2D eigenvalue weighted by molar-refractivity contribution is -0.242. The van der Waals surface area contributed by atoms with Crippen molar-refractivity contribution in [2.45, 2.75) is 28.5 Å². The van der Waals surface area contributed by atoms with Crippen LogP contribution >= 0.6 is 23.2 Å². The molecule has 3 rings (SSSR count). The van der Waals surface area contributed by atoms with Crippen LogP contribution < -0.4 is 5.32 Å². The van der Waals surface area contributed by atoms with Crippen molar-refractivity contribution in [2.75, 3.05) is 31.6 Å². The largest absolute Gasteiger partial charge is 0.426 e. The number of benzene rings is 2. The van der Waals surface area contributed by atoms with Crippen LogP contribution in [0.25, 0.3) is 0 Å². The van der Waals surface area contributed by atoms with Crippen LogP contribution in [-0.2, 0) is 19.4 Å². The molecule has 2 amide bonds. The maximum Gasteiger partial charge on any atom is 0.426 e. The quantitative estimate of drug-likeness (QED) is 0.584. The Morgan fingerprint density at radius 2 is 1.60 bits per heavy atom. The van der Waals surface area contributed by atoms with Gasteiger partial charge in [-0.25, -0.2) is 8.42 Å². The first-order chi connectivity index (χ1) is 16.2. The predicted molar refractivity (Wildman–Crippen MR) is 120 cm³/mol. The zero-order valence-electron chi connectivity index (χ0n) is 18.0. The number of morpholine rings is 1. The van der Waals surface area contributed by atoms with Crippen molar-refractivity contribution in [3.05, 3.63) is 52.0 Å². The van der Waals surface area contributed by atoms with Crippen molar-refractivity contribution in [3.63, 3.8) is 0 Å². The van der Waals surface area contributed by atoms with Gasteiger partial charge < -0.3 is 20.1 Å². The van der Waals surface area contributed by atoms with E-state index >= 15 is 0 Å². The molecule has 1 aliphatic rings. The number of carbonyl (C=O) groups excluding carboxylic acids is 2. The Labute approximate surface area is 208 Å². The number of rotatable bonds is 5. The number of amides is 2. The molecule has 0 unspecified atom stereocenters. The van der Waals surface area contributed by atoms with E-state index in [1.165, 1.54) is 24.3 Å². The van der Waals surface area contributed by atoms with Gasteiger partial charge in [-0.05, 0) is 43.3 Å². The molecule has 0 bridgehead atoms. The molecular formula is C21H19Cl2F3N2O6S. The third kappa shape index (κ3) is 5.41. The topological polar surface area (TPSA) is 113 Å². The molecule has 0 spiro atoms. The van der Waals surface area contributed by atoms with Crippen LogP contribution in [0.4, 0.5) is 18.9 Å². The lowest BCUT2D eigenvalue weighted by Crippen LogP contribution is -2.52. The molecular weight excluding hydrogens is 536 g/mol. The molecule has 35 heavy (non-hydrogen) atoms. The molecule has 1 atom stereocenters. The van der Waals surface area contributed by atoms with Crippen LogP contribution in [-0.4, -0.2) is 68.3 Å². The van der Waals surface area contributed by atoms with Crippen LogP contribution in [0.5, 0.6) is 0 Å². The highest BCUT2D eigenvalue weighted by molar-refractivity contribution is 7.91. The number of hydrogen-bond donors (Lipinski definition) is 2. The van der Waals surface area contributed by atoms with Gasteiger partial charge in [0.1, 0.15) is 0 Å². The van der Waals surface area contributed by atoms with Gasteiger partial charge in [-0.1, -0.05) is 23.2 Å². The summed E-state index contributed by atoms with van der Waals surface area (Å²) in [7, 11) is -4.26. The number of nitrogens with one attached hydrogen (secondary N) is 1. The lowest BCUT2D eigenvalue weighted by atomic mass is 10.1. The standard InChI is InChI=1S/C21H19Cl2F3N2O6S/c1-20(31,21(24,25)26)19(30)27-14-6-7-15(17(23)16(14)22)35(32,33)13-4-2-12(3-5-13)18(29)28-8-10-34-11-9-28/h2-7,31H,8-11H2,1H3,(H,27,30)/t20-/m1/s1. The minimum atomic E-state index is -5.27. The number of carbonyl (C=O) groups is 2. The van der Waals surface area contributed by atoms with Crippen molar-refractivity contribution in [2.24, 2.45) is 0 Å². The van der Waals surface area contributed by atoms with E-state index in [9.17, 15) is 36.3 Å². The van der Waals surface area contributed by atoms with Crippen molar-refractivity contribution in [3.8, 4) is 0 Å². The van der Waals surface area contributed by atoms with Crippen LogP contribution in [0.15, 0.2) is 46.2 Å². The van der Waals surface area contributed by atoms with Gasteiger partial charge in [-0.15, -0.1) is 0 Å². The van der Waals surface area contributed by atoms with Gasteiger partial charge in [0, 0.05) is 18.7 Å². The van der Waals surface area contributed by atoms with Crippen molar-refractivity contribution in [1.82, 2.24) is 4.90 Å². The maximum absolute atomic E-state index is 13.1. The number of anilines is 1. The van der Waals surface area contributed by atoms with Crippen LogP contribution in [0.3, 0.4) is 0 Å². The summed E-state index contributed by atoms with van der Waals surface area (Å²) < 4.78 is 70.0. The summed E-state index contributed by atoms with van der Waals surface area (Å²) in [5, 5.41) is 10.2. The fourth-order valence-corrected chi connectivity index (χ4v) is 5.13. The second kappa shape index (κ2) is 9.94. The Kier molecular flexibility index (Phi) is 7.73. The summed E-state index contributed by atoms with van der Waals surface area (Å²) in [5.74, 6) is -2.12. The monoisotopic (exact) mass is 554 g/mol. The van der Waals surface area contributed by atoms with Gasteiger partial charge in [0.05, 0.1) is 38.7 Å². The predicted octanol–water partition coefficient (Wildman–Crippen LogP) is 3.55. The first-order valence-electron chi connectivity index (χ1n) is 9.98. The smallest absolute Gasteiger partial charge is 0.378 e. The maximum atomic E-state index is 13.1. The molecule has 14 heteroatoms. The van der Waals surface area contributed by atoms with Crippen LogP contribution in [0.2, 0.25) is 10.0 Å². The minimum Gasteiger partial charge on any atom is -0.378 e. The van der Waals surface area contributed by atoms with Gasteiger partial charge in [-0.2, -0.15) is 13.2 Å². The SMILES string of the molecule is C[C@@](O)(C(=O)Nc1ccc(S(=O)(=O)c2ccc(C(=O)N3CCOCC3)cc2)c(Cl)c1Cl)C(F)(F)F. The molecule has 2 N–H and O–H groups in total. The highest BCUT2D eigenvalue weighted by Gasteiger charge is 2.55. The van der Waals surface area contributed by atoms with Crippen molar-refractivity contribution < 1.29 is 41.0 Å². The summed E-state index contributed by atoms with van der Waals surface area (Å²) in [6.07, 6.45) is -5.27. The number of alkyl halides is 3. The van der Waals surface area contributed by atoms with Gasteiger partial charge in [0.2, 0.25) is 15.4 Å². The fourth-order valence-electron chi connectivity index (χ4n) is 3.06. The van der Waals surface area contributed by atoms with Gasteiger partial charge >= 0.3 is 6.18 Å². The van der Waals surface area contributed by atoms with Gasteiger partial charge in [-0.3, -0.25) is 9.59 Å². The molecule has 2 aromatic carbocycles. The molecule has 1 saturated heterocycles. The molecule has 1 fully saturated rings. The van der Waals surface area contributed by atoms with E-state index in [-0.39, 0.29) is 23.3 Å². The first-order valence-corrected chi connectivity index (χ1v) is 12.2. The summed E-state index contributed by atoms with van der Waals surface area (Å²) in [6.45, 7) is 1.88. The number of ether oxygens (including phenoxy) is 1. The van der Waals surface area contributed by atoms with E-state index in [4.69, 9.17) is 27.9 Å². The number of hydrogen-bond acceptors (Lipinski definition) is 6. The Morgan fingerprint density at radius 1 is 1.03 bits per heavy atom. The Hall–Kier alpha value is -2.38. The number of nitrogens with zero attached hydrogens (tertiary/aromatic N) is 1.